The van der Waals surface area contributed by atoms with Crippen molar-refractivity contribution in [3.05, 3.63) is 28.1 Å². The van der Waals surface area contributed by atoms with Crippen LogP contribution in [-0.4, -0.2) is 33.7 Å². The third kappa shape index (κ3) is 2.67. The van der Waals surface area contributed by atoms with Crippen LogP contribution in [0.5, 0.6) is 0 Å². The average molecular weight is 253 g/mol. The molecule has 0 unspecified atom stereocenters. The molecular formula is C11H15N3O4. The summed E-state index contributed by atoms with van der Waals surface area (Å²) in [5, 5.41) is 22.0. The maximum absolute atomic E-state index is 11.9. The number of amides is 1. The van der Waals surface area contributed by atoms with Gasteiger partial charge in [-0.05, 0) is 19.3 Å². The number of nitrogens with one attached hydrogen (secondary N) is 1. The first kappa shape index (κ1) is 12.6. The number of nitrogens with zero attached hydrogens (tertiary/aromatic N) is 2. The molecule has 0 radical (unpaired) electrons. The average Bonchev–Trinajstić information content (AvgIpc) is 3.07. The van der Waals surface area contributed by atoms with Crippen molar-refractivity contribution in [2.75, 3.05) is 13.2 Å². The first-order chi connectivity index (χ1) is 8.63. The summed E-state index contributed by atoms with van der Waals surface area (Å²) in [6.45, 7) is 0.364. The van der Waals surface area contributed by atoms with Gasteiger partial charge in [0.15, 0.2) is 0 Å². The van der Waals surface area contributed by atoms with E-state index < -0.39 is 4.92 Å². The third-order valence-corrected chi connectivity index (χ3v) is 2.84. The molecule has 1 fully saturated rings. The number of rotatable bonds is 6. The second kappa shape index (κ2) is 5.18. The van der Waals surface area contributed by atoms with Crippen molar-refractivity contribution in [1.82, 2.24) is 9.88 Å². The summed E-state index contributed by atoms with van der Waals surface area (Å²) in [6, 6.07) is 1.50. The Labute approximate surface area is 104 Å². The van der Waals surface area contributed by atoms with Crippen LogP contribution >= 0.6 is 0 Å². The maximum Gasteiger partial charge on any atom is 0.287 e. The molecule has 1 aliphatic rings. The van der Waals surface area contributed by atoms with Crippen LogP contribution in [0.3, 0.4) is 0 Å². The zero-order valence-corrected chi connectivity index (χ0v) is 9.83. The summed E-state index contributed by atoms with van der Waals surface area (Å²) in [5.74, 6) is -0.330. The topological polar surface area (TPSA) is 97.4 Å². The predicted octanol–water partition coefficient (Wildman–Crippen LogP) is 0.843. The van der Waals surface area contributed by atoms with E-state index in [-0.39, 0.29) is 24.2 Å². The number of carbonyl (C=O) groups excluding carboxylic acids is 1. The molecule has 0 aliphatic heterocycles. The minimum Gasteiger partial charge on any atom is -0.396 e. The molecule has 1 aromatic rings. The van der Waals surface area contributed by atoms with Gasteiger partial charge in [0.2, 0.25) is 0 Å². The molecule has 7 nitrogen and oxygen atoms in total. The molecule has 2 N–H and O–H groups in total. The summed E-state index contributed by atoms with van der Waals surface area (Å²) >= 11 is 0. The van der Waals surface area contributed by atoms with E-state index in [9.17, 15) is 14.9 Å². The Morgan fingerprint density at radius 2 is 2.33 bits per heavy atom. The number of carbonyl (C=O) groups is 1. The van der Waals surface area contributed by atoms with Gasteiger partial charge in [0.05, 0.1) is 11.1 Å². The molecule has 0 saturated heterocycles. The van der Waals surface area contributed by atoms with E-state index in [0.717, 1.165) is 12.8 Å². The molecule has 0 aromatic carbocycles. The van der Waals surface area contributed by atoms with E-state index in [0.29, 0.717) is 18.7 Å². The van der Waals surface area contributed by atoms with E-state index in [1.54, 1.807) is 4.57 Å². The Morgan fingerprint density at radius 1 is 1.61 bits per heavy atom. The van der Waals surface area contributed by atoms with Gasteiger partial charge in [0.25, 0.3) is 11.6 Å². The van der Waals surface area contributed by atoms with Gasteiger partial charge in [0, 0.05) is 25.3 Å². The van der Waals surface area contributed by atoms with Crippen LogP contribution in [0.2, 0.25) is 0 Å². The largest absolute Gasteiger partial charge is 0.396 e. The molecule has 1 heterocycles. The number of aromatic nitrogens is 1. The lowest BCUT2D eigenvalue weighted by Gasteiger charge is -2.07. The summed E-state index contributed by atoms with van der Waals surface area (Å²) in [4.78, 5) is 22.1. The Hall–Kier alpha value is -1.89. The molecule has 18 heavy (non-hydrogen) atoms. The van der Waals surface area contributed by atoms with Crippen molar-refractivity contribution in [3.8, 4) is 0 Å². The first-order valence-corrected chi connectivity index (χ1v) is 5.89. The van der Waals surface area contributed by atoms with E-state index in [1.807, 2.05) is 0 Å². The standard InChI is InChI=1S/C11H15N3O4/c15-5-1-4-12-11(16)10-6-9(14(17)18)7-13(10)8-2-3-8/h6-8,15H,1-5H2,(H,12,16). The Bertz CT molecular complexity index is 465. The SMILES string of the molecule is O=C(NCCCO)c1cc([N+](=O)[O-])cn1C1CC1. The van der Waals surface area contributed by atoms with Crippen LogP contribution in [0.4, 0.5) is 5.69 Å². The number of aliphatic hydroxyl groups excluding tert-OH is 1. The number of hydrogen-bond donors (Lipinski definition) is 2. The minimum absolute atomic E-state index is 0.00403. The van der Waals surface area contributed by atoms with Gasteiger partial charge < -0.3 is 15.0 Å². The summed E-state index contributed by atoms with van der Waals surface area (Å²) < 4.78 is 1.67. The molecular weight excluding hydrogens is 238 g/mol. The lowest BCUT2D eigenvalue weighted by Crippen LogP contribution is -2.27. The van der Waals surface area contributed by atoms with Crippen molar-refractivity contribution < 1.29 is 14.8 Å². The summed E-state index contributed by atoms with van der Waals surface area (Å²) in [6.07, 6.45) is 3.78. The monoisotopic (exact) mass is 253 g/mol. The van der Waals surface area contributed by atoms with Crippen molar-refractivity contribution in [1.29, 1.82) is 0 Å². The Balaban J connectivity index is 2.14. The molecule has 1 aliphatic carbocycles. The fourth-order valence-corrected chi connectivity index (χ4v) is 1.77. The van der Waals surface area contributed by atoms with Crippen LogP contribution in [0.25, 0.3) is 0 Å². The highest BCUT2D eigenvalue weighted by Gasteiger charge is 2.30. The second-order valence-corrected chi connectivity index (χ2v) is 4.31. The van der Waals surface area contributed by atoms with Crippen molar-refractivity contribution in [2.45, 2.75) is 25.3 Å². The summed E-state index contributed by atoms with van der Waals surface area (Å²) in [5.41, 5.74) is 0.261. The van der Waals surface area contributed by atoms with Crippen LogP contribution < -0.4 is 5.32 Å². The van der Waals surface area contributed by atoms with Gasteiger partial charge >= 0.3 is 0 Å². The van der Waals surface area contributed by atoms with Gasteiger partial charge in [-0.2, -0.15) is 0 Å². The highest BCUT2D eigenvalue weighted by Crippen LogP contribution is 2.37. The van der Waals surface area contributed by atoms with Gasteiger partial charge in [0.1, 0.15) is 5.69 Å². The fourth-order valence-electron chi connectivity index (χ4n) is 1.77. The van der Waals surface area contributed by atoms with Crippen LogP contribution in [0, 0.1) is 10.1 Å². The van der Waals surface area contributed by atoms with Crippen molar-refractivity contribution in [2.24, 2.45) is 0 Å². The molecule has 1 amide bonds. The smallest absolute Gasteiger partial charge is 0.287 e. The minimum atomic E-state index is -0.497. The van der Waals surface area contributed by atoms with Gasteiger partial charge in [-0.15, -0.1) is 0 Å². The quantitative estimate of drug-likeness (QED) is 0.446. The number of aliphatic hydroxyl groups is 1. The van der Waals surface area contributed by atoms with Gasteiger partial charge in [-0.1, -0.05) is 0 Å². The molecule has 0 spiro atoms. The Kier molecular flexibility index (Phi) is 3.61. The van der Waals surface area contributed by atoms with E-state index in [4.69, 9.17) is 5.11 Å². The van der Waals surface area contributed by atoms with E-state index in [2.05, 4.69) is 5.32 Å². The lowest BCUT2D eigenvalue weighted by atomic mass is 10.3. The zero-order chi connectivity index (χ0) is 13.1. The van der Waals surface area contributed by atoms with E-state index >= 15 is 0 Å². The molecule has 1 aromatic heterocycles. The first-order valence-electron chi connectivity index (χ1n) is 5.89. The molecule has 1 saturated carbocycles. The Morgan fingerprint density at radius 3 is 2.89 bits per heavy atom. The maximum atomic E-state index is 11.9. The molecule has 0 bridgehead atoms. The van der Waals surface area contributed by atoms with Crippen LogP contribution in [0.15, 0.2) is 12.3 Å². The lowest BCUT2D eigenvalue weighted by molar-refractivity contribution is -0.384. The van der Waals surface area contributed by atoms with Gasteiger partial charge in [-0.3, -0.25) is 14.9 Å². The van der Waals surface area contributed by atoms with Gasteiger partial charge in [-0.25, -0.2) is 0 Å². The van der Waals surface area contributed by atoms with Crippen LogP contribution in [-0.2, 0) is 0 Å². The molecule has 7 heteroatoms. The van der Waals surface area contributed by atoms with Crippen molar-refractivity contribution >= 4 is 11.6 Å². The van der Waals surface area contributed by atoms with Crippen LogP contribution in [0.1, 0.15) is 35.8 Å². The fraction of sp³-hybridized carbons (Fsp3) is 0.545. The summed E-state index contributed by atoms with van der Waals surface area (Å²) in [7, 11) is 0. The molecule has 0 atom stereocenters. The van der Waals surface area contributed by atoms with Crippen molar-refractivity contribution in [3.63, 3.8) is 0 Å². The third-order valence-electron chi connectivity index (χ3n) is 2.84. The molecule has 98 valence electrons. The number of nitro groups is 1. The predicted molar refractivity (Wildman–Crippen MR) is 63.4 cm³/mol. The zero-order valence-electron chi connectivity index (χ0n) is 9.83. The highest BCUT2D eigenvalue weighted by molar-refractivity contribution is 5.93. The normalized spacial score (nSPS) is 14.5. The second-order valence-electron chi connectivity index (χ2n) is 4.31. The number of hydrogen-bond acceptors (Lipinski definition) is 4. The molecule has 2 rings (SSSR count). The van der Waals surface area contributed by atoms with E-state index in [1.165, 1.54) is 12.3 Å². The highest BCUT2D eigenvalue weighted by atomic mass is 16.6.